The van der Waals surface area contributed by atoms with Crippen LogP contribution in [-0.4, -0.2) is 49.3 Å². The summed E-state index contributed by atoms with van der Waals surface area (Å²) >= 11 is 0. The summed E-state index contributed by atoms with van der Waals surface area (Å²) in [7, 11) is -4.39. The Labute approximate surface area is 475 Å². The zero-order valence-corrected chi connectivity index (χ0v) is 51.1. The fraction of sp³-hybridized carbons (Fsp3) is 0.791. The highest BCUT2D eigenvalue weighted by Crippen LogP contribution is 2.43. The van der Waals surface area contributed by atoms with Gasteiger partial charge in [-0.25, -0.2) is 4.57 Å². The van der Waals surface area contributed by atoms with Crippen molar-refractivity contribution < 1.29 is 37.6 Å². The Bertz CT molecular complexity index is 1490. The van der Waals surface area contributed by atoms with E-state index in [2.05, 4.69) is 86.8 Å². The second-order valence-corrected chi connectivity index (χ2v) is 23.1. The Morgan fingerprint density at radius 1 is 0.403 bits per heavy atom. The van der Waals surface area contributed by atoms with E-state index >= 15 is 0 Å². The monoisotopic (exact) mass is 1100 g/mol. The van der Waals surface area contributed by atoms with Crippen LogP contribution in [-0.2, 0) is 32.7 Å². The van der Waals surface area contributed by atoms with Gasteiger partial charge in [0.05, 0.1) is 13.2 Å². The average Bonchev–Trinajstić information content (AvgIpc) is 3.42. The highest BCUT2D eigenvalue weighted by atomic mass is 31.2. The molecule has 77 heavy (non-hydrogen) atoms. The molecule has 0 aliphatic rings. The highest BCUT2D eigenvalue weighted by molar-refractivity contribution is 7.47. The molecular formula is C67H122NO8P. The SMILES string of the molecule is CC/C=C\C/C=C\C/C=C\C/C=C\CCCCCCCCCCCCCCCCCCCCCCCCCCCCCCC(=O)OC(COC(=O)CCCCCCC/C=C\C/C=C\CCCCC)COP(=O)(O)OCCN. The Hall–Kier alpha value is -2.55. The van der Waals surface area contributed by atoms with E-state index < -0.39 is 32.5 Å². The van der Waals surface area contributed by atoms with Crippen molar-refractivity contribution in [2.24, 2.45) is 5.73 Å². The smallest absolute Gasteiger partial charge is 0.462 e. The number of unbranched alkanes of at least 4 members (excludes halogenated alkanes) is 36. The number of nitrogens with two attached hydrogens (primary N) is 1. The molecule has 0 aromatic heterocycles. The summed E-state index contributed by atoms with van der Waals surface area (Å²) in [5, 5.41) is 0. The lowest BCUT2D eigenvalue weighted by atomic mass is 10.0. The molecule has 2 atom stereocenters. The second kappa shape index (κ2) is 62.6. The third-order valence-electron chi connectivity index (χ3n) is 14.1. The van der Waals surface area contributed by atoms with Crippen LogP contribution in [0.15, 0.2) is 72.9 Å². The Morgan fingerprint density at radius 3 is 1.06 bits per heavy atom. The number of phosphoric acid groups is 1. The molecule has 9 nitrogen and oxygen atoms in total. The summed E-state index contributed by atoms with van der Waals surface area (Å²) in [6, 6.07) is 0. The summed E-state index contributed by atoms with van der Waals surface area (Å²) in [5.41, 5.74) is 5.38. The molecule has 0 radical (unpaired) electrons. The van der Waals surface area contributed by atoms with E-state index in [-0.39, 0.29) is 32.6 Å². The molecule has 0 spiro atoms. The lowest BCUT2D eigenvalue weighted by Crippen LogP contribution is -2.29. The number of hydrogen-bond acceptors (Lipinski definition) is 8. The van der Waals surface area contributed by atoms with Crippen LogP contribution in [0.4, 0.5) is 0 Å². The number of phosphoric ester groups is 1. The summed E-state index contributed by atoms with van der Waals surface area (Å²) < 4.78 is 33.0. The quantitative estimate of drug-likeness (QED) is 0.0264. The van der Waals surface area contributed by atoms with Crippen molar-refractivity contribution in [2.75, 3.05) is 26.4 Å². The van der Waals surface area contributed by atoms with Crippen LogP contribution >= 0.6 is 7.82 Å². The van der Waals surface area contributed by atoms with Gasteiger partial charge < -0.3 is 20.1 Å². The van der Waals surface area contributed by atoms with Gasteiger partial charge in [0.1, 0.15) is 6.61 Å². The fourth-order valence-corrected chi connectivity index (χ4v) is 10.1. The summed E-state index contributed by atoms with van der Waals surface area (Å²) in [6.45, 7) is 3.62. The molecular weight excluding hydrogens is 978 g/mol. The van der Waals surface area contributed by atoms with Gasteiger partial charge in [-0.05, 0) is 83.5 Å². The molecule has 448 valence electrons. The molecule has 0 aliphatic carbocycles. The van der Waals surface area contributed by atoms with Crippen LogP contribution < -0.4 is 5.73 Å². The Balaban J connectivity index is 3.74. The maximum absolute atomic E-state index is 12.7. The van der Waals surface area contributed by atoms with Crippen LogP contribution in [0.3, 0.4) is 0 Å². The molecule has 0 aromatic carbocycles. The third-order valence-corrected chi connectivity index (χ3v) is 15.1. The van der Waals surface area contributed by atoms with E-state index in [4.69, 9.17) is 24.3 Å². The van der Waals surface area contributed by atoms with Gasteiger partial charge in [-0.15, -0.1) is 0 Å². The summed E-state index contributed by atoms with van der Waals surface area (Å²) in [4.78, 5) is 35.2. The first-order valence-corrected chi connectivity index (χ1v) is 33.9. The molecule has 0 amide bonds. The van der Waals surface area contributed by atoms with Crippen molar-refractivity contribution in [1.29, 1.82) is 0 Å². The van der Waals surface area contributed by atoms with Crippen molar-refractivity contribution >= 4 is 19.8 Å². The second-order valence-electron chi connectivity index (χ2n) is 21.6. The molecule has 0 bridgehead atoms. The van der Waals surface area contributed by atoms with Crippen molar-refractivity contribution in [3.63, 3.8) is 0 Å². The van der Waals surface area contributed by atoms with Crippen molar-refractivity contribution in [2.45, 2.75) is 315 Å². The lowest BCUT2D eigenvalue weighted by molar-refractivity contribution is -0.161. The Kier molecular flexibility index (Phi) is 60.6. The van der Waals surface area contributed by atoms with Gasteiger partial charge in [-0.1, -0.05) is 286 Å². The minimum atomic E-state index is -4.39. The molecule has 0 aliphatic heterocycles. The number of carbonyl (C=O) groups excluding carboxylic acids is 2. The Morgan fingerprint density at radius 2 is 0.714 bits per heavy atom. The minimum absolute atomic E-state index is 0.0515. The van der Waals surface area contributed by atoms with Crippen LogP contribution in [0.5, 0.6) is 0 Å². The van der Waals surface area contributed by atoms with Crippen molar-refractivity contribution in [3.05, 3.63) is 72.9 Å². The maximum Gasteiger partial charge on any atom is 0.472 e. The number of esters is 2. The normalized spacial score (nSPS) is 13.5. The van der Waals surface area contributed by atoms with Gasteiger partial charge in [0.25, 0.3) is 0 Å². The van der Waals surface area contributed by atoms with Gasteiger partial charge in [0.2, 0.25) is 0 Å². The standard InChI is InChI=1S/C67H122NO8P/c1-3-5-7-9-11-13-15-17-19-20-21-22-23-24-25-26-27-28-29-30-31-32-33-34-35-36-37-38-39-40-41-42-43-44-46-48-50-52-54-56-58-60-67(70)76-65(64-75-77(71,72)74-62-61-68)63-73-66(69)59-57-55-53-51-49-47-45-18-16-14-12-10-8-6-4-2/h5,7,11-14,17-19,21-22,45,65H,3-4,6,8-10,15-16,20,23-44,46-64,68H2,1-2H3,(H,71,72)/b7-5-,13-11-,14-12-,19-17-,22-21-,45-18-. The first-order valence-electron chi connectivity index (χ1n) is 32.4. The minimum Gasteiger partial charge on any atom is -0.462 e. The predicted molar refractivity (Wildman–Crippen MR) is 330 cm³/mol. The molecule has 0 fully saturated rings. The largest absolute Gasteiger partial charge is 0.472 e. The summed E-state index contributed by atoms with van der Waals surface area (Å²) in [6.07, 6.45) is 81.5. The average molecular weight is 1100 g/mol. The van der Waals surface area contributed by atoms with Gasteiger partial charge in [0, 0.05) is 19.4 Å². The highest BCUT2D eigenvalue weighted by Gasteiger charge is 2.26. The number of carbonyl (C=O) groups is 2. The van der Waals surface area contributed by atoms with E-state index in [1.807, 2.05) is 0 Å². The number of rotatable bonds is 61. The first-order chi connectivity index (χ1) is 37.8. The molecule has 0 aromatic rings. The fourth-order valence-electron chi connectivity index (χ4n) is 9.31. The zero-order chi connectivity index (χ0) is 55.9. The van der Waals surface area contributed by atoms with Crippen LogP contribution in [0.25, 0.3) is 0 Å². The zero-order valence-electron chi connectivity index (χ0n) is 50.2. The lowest BCUT2D eigenvalue weighted by Gasteiger charge is -2.19. The van der Waals surface area contributed by atoms with E-state index in [9.17, 15) is 19.0 Å². The number of hydrogen-bond donors (Lipinski definition) is 2. The summed E-state index contributed by atoms with van der Waals surface area (Å²) in [5.74, 6) is -0.833. The van der Waals surface area contributed by atoms with Gasteiger partial charge in [-0.3, -0.25) is 18.6 Å². The van der Waals surface area contributed by atoms with E-state index in [0.717, 1.165) is 83.5 Å². The van der Waals surface area contributed by atoms with E-state index in [0.29, 0.717) is 6.42 Å². The molecule has 0 heterocycles. The molecule has 3 N–H and O–H groups in total. The molecule has 10 heteroatoms. The molecule has 0 saturated carbocycles. The predicted octanol–water partition coefficient (Wildman–Crippen LogP) is 20.9. The van der Waals surface area contributed by atoms with Crippen molar-refractivity contribution in [3.8, 4) is 0 Å². The van der Waals surface area contributed by atoms with Gasteiger partial charge in [0.15, 0.2) is 6.10 Å². The molecule has 0 saturated heterocycles. The number of allylic oxidation sites excluding steroid dienone is 12. The number of ether oxygens (including phenoxy) is 2. The van der Waals surface area contributed by atoms with Crippen molar-refractivity contribution in [1.82, 2.24) is 0 Å². The molecule has 2 unspecified atom stereocenters. The third kappa shape index (κ3) is 62.5. The van der Waals surface area contributed by atoms with Gasteiger partial charge in [-0.2, -0.15) is 0 Å². The topological polar surface area (TPSA) is 134 Å². The van der Waals surface area contributed by atoms with Crippen LogP contribution in [0.1, 0.15) is 309 Å². The van der Waals surface area contributed by atoms with E-state index in [1.165, 1.54) is 193 Å². The molecule has 0 rings (SSSR count). The first kappa shape index (κ1) is 74.5. The van der Waals surface area contributed by atoms with E-state index in [1.54, 1.807) is 0 Å². The maximum atomic E-state index is 12.7. The van der Waals surface area contributed by atoms with Crippen LogP contribution in [0, 0.1) is 0 Å². The van der Waals surface area contributed by atoms with Gasteiger partial charge >= 0.3 is 19.8 Å². The van der Waals surface area contributed by atoms with Crippen LogP contribution in [0.2, 0.25) is 0 Å².